The van der Waals surface area contributed by atoms with Gasteiger partial charge in [0.05, 0.1) is 11.4 Å². The van der Waals surface area contributed by atoms with Gasteiger partial charge in [-0.1, -0.05) is 178 Å². The number of furan rings is 1. The van der Waals surface area contributed by atoms with E-state index < -0.39 is 0 Å². The molecule has 0 saturated carbocycles. The zero-order chi connectivity index (χ0) is 37.8. The van der Waals surface area contributed by atoms with Crippen molar-refractivity contribution in [3.63, 3.8) is 0 Å². The first-order chi connectivity index (χ1) is 28.1. The molecule has 1 aliphatic carbocycles. The molecule has 57 heavy (non-hydrogen) atoms. The fraction of sp³-hybridized carbons (Fsp3) is 0.0545. The highest BCUT2D eigenvalue weighted by Crippen LogP contribution is 2.55. The molecule has 0 atom stereocenters. The van der Waals surface area contributed by atoms with Gasteiger partial charge in [-0.3, -0.25) is 0 Å². The highest BCUT2D eigenvalue weighted by molar-refractivity contribution is 6.31. The Labute approximate surface area is 330 Å². The third kappa shape index (κ3) is 4.53. The van der Waals surface area contributed by atoms with Crippen molar-refractivity contribution >= 4 is 82.1 Å². The Morgan fingerprint density at radius 1 is 0.404 bits per heavy atom. The molecule has 10 aromatic carbocycles. The van der Waals surface area contributed by atoms with Crippen LogP contribution >= 0.6 is 0 Å². The van der Waals surface area contributed by atoms with Gasteiger partial charge in [0, 0.05) is 32.8 Å². The van der Waals surface area contributed by atoms with Crippen LogP contribution in [0.5, 0.6) is 0 Å². The van der Waals surface area contributed by atoms with Gasteiger partial charge in [0.25, 0.3) is 0 Å². The summed E-state index contributed by atoms with van der Waals surface area (Å²) in [4.78, 5) is 2.52. The quantitative estimate of drug-likeness (QED) is 0.168. The summed E-state index contributed by atoms with van der Waals surface area (Å²) < 4.78 is 6.94. The summed E-state index contributed by atoms with van der Waals surface area (Å²) in [5.74, 6) is 0. The third-order valence-electron chi connectivity index (χ3n) is 12.6. The predicted molar refractivity (Wildman–Crippen MR) is 241 cm³/mol. The van der Waals surface area contributed by atoms with Gasteiger partial charge in [-0.25, -0.2) is 0 Å². The molecule has 0 unspecified atom stereocenters. The smallest absolute Gasteiger partial charge is 0.159 e. The summed E-state index contributed by atoms with van der Waals surface area (Å²) in [6, 6.07) is 69.1. The second kappa shape index (κ2) is 11.9. The van der Waals surface area contributed by atoms with Crippen molar-refractivity contribution in [2.75, 3.05) is 4.90 Å². The fourth-order valence-corrected chi connectivity index (χ4v) is 10.0. The molecule has 0 spiro atoms. The number of benzene rings is 10. The van der Waals surface area contributed by atoms with Crippen molar-refractivity contribution in [2.45, 2.75) is 19.3 Å². The minimum atomic E-state index is -0.181. The molecule has 1 aromatic heterocycles. The lowest BCUT2D eigenvalue weighted by molar-refractivity contribution is 0.660. The van der Waals surface area contributed by atoms with Crippen molar-refractivity contribution < 1.29 is 4.42 Å². The van der Waals surface area contributed by atoms with Crippen molar-refractivity contribution in [3.05, 3.63) is 199 Å². The second-order valence-corrected chi connectivity index (χ2v) is 16.0. The minimum absolute atomic E-state index is 0.181. The van der Waals surface area contributed by atoms with Crippen molar-refractivity contribution in [1.82, 2.24) is 0 Å². The minimum Gasteiger partial charge on any atom is -0.454 e. The van der Waals surface area contributed by atoms with E-state index in [4.69, 9.17) is 4.42 Å². The maximum Gasteiger partial charge on any atom is 0.159 e. The van der Waals surface area contributed by atoms with Gasteiger partial charge < -0.3 is 9.32 Å². The van der Waals surface area contributed by atoms with Gasteiger partial charge in [0.1, 0.15) is 5.58 Å². The summed E-state index contributed by atoms with van der Waals surface area (Å²) in [5, 5.41) is 12.0. The summed E-state index contributed by atoms with van der Waals surface area (Å²) in [7, 11) is 0. The summed E-state index contributed by atoms with van der Waals surface area (Å²) >= 11 is 0. The monoisotopic (exact) mass is 727 g/mol. The summed E-state index contributed by atoms with van der Waals surface area (Å²) in [5.41, 5.74) is 12.4. The first kappa shape index (κ1) is 32.1. The Kier molecular flexibility index (Phi) is 6.72. The third-order valence-corrected chi connectivity index (χ3v) is 12.6. The van der Waals surface area contributed by atoms with Crippen LogP contribution in [0.3, 0.4) is 0 Å². The van der Waals surface area contributed by atoms with E-state index >= 15 is 0 Å². The van der Waals surface area contributed by atoms with Crippen LogP contribution in [-0.4, -0.2) is 0 Å². The number of hydrogen-bond acceptors (Lipinski definition) is 2. The molecule has 2 nitrogen and oxygen atoms in total. The average molecular weight is 728 g/mol. The Hall–Kier alpha value is -7.16. The maximum atomic E-state index is 6.94. The lowest BCUT2D eigenvalue weighted by Gasteiger charge is -2.32. The molecule has 12 rings (SSSR count). The highest BCUT2D eigenvalue weighted by Gasteiger charge is 2.36. The van der Waals surface area contributed by atoms with Gasteiger partial charge in [0.15, 0.2) is 5.58 Å². The summed E-state index contributed by atoms with van der Waals surface area (Å²) in [6.07, 6.45) is 0. The molecule has 0 radical (unpaired) electrons. The van der Waals surface area contributed by atoms with E-state index in [1.165, 1.54) is 70.9 Å². The van der Waals surface area contributed by atoms with Crippen LogP contribution < -0.4 is 4.90 Å². The molecular weight excluding hydrogens is 691 g/mol. The maximum absolute atomic E-state index is 6.94. The largest absolute Gasteiger partial charge is 0.454 e. The first-order valence-corrected chi connectivity index (χ1v) is 19.9. The number of rotatable bonds is 4. The van der Waals surface area contributed by atoms with Crippen LogP contribution in [0.4, 0.5) is 17.1 Å². The van der Waals surface area contributed by atoms with Crippen molar-refractivity contribution in [1.29, 1.82) is 0 Å². The van der Waals surface area contributed by atoms with Crippen LogP contribution in [-0.2, 0) is 5.41 Å². The molecule has 2 heteroatoms. The van der Waals surface area contributed by atoms with Gasteiger partial charge >= 0.3 is 0 Å². The lowest BCUT2D eigenvalue weighted by atomic mass is 9.82. The molecule has 0 bridgehead atoms. The zero-order valence-corrected chi connectivity index (χ0v) is 31.8. The molecule has 0 N–H and O–H groups in total. The highest BCUT2D eigenvalue weighted by atomic mass is 16.3. The fourth-order valence-electron chi connectivity index (χ4n) is 10.0. The second-order valence-electron chi connectivity index (χ2n) is 16.0. The summed E-state index contributed by atoms with van der Waals surface area (Å²) in [6.45, 7) is 4.73. The SMILES string of the molecule is CC1(C)c2ccccc2-c2ccc(N(c3cccc4c3oc3ccccc34)c3c(-c4cccc5ccccc45)ccc4c5ccccc5c5ccccc5c34)cc21. The lowest BCUT2D eigenvalue weighted by Crippen LogP contribution is -2.17. The molecule has 0 saturated heterocycles. The van der Waals surface area contributed by atoms with E-state index in [0.29, 0.717) is 0 Å². The van der Waals surface area contributed by atoms with Crippen LogP contribution in [0.2, 0.25) is 0 Å². The predicted octanol–water partition coefficient (Wildman–Crippen LogP) is 15.6. The van der Waals surface area contributed by atoms with E-state index in [1.807, 2.05) is 0 Å². The number of anilines is 3. The molecule has 0 amide bonds. The van der Waals surface area contributed by atoms with E-state index in [-0.39, 0.29) is 5.41 Å². The standard InChI is InChI=1S/C55H37NO/c1-55(2)48-26-11-9-21-41(48)42-30-29-35(33-49(42)55)56(50-27-14-25-47-43-22-10-12-28-51(43)57-54(47)50)53-46(37-24-13-16-34-15-3-4-17-36(34)37)32-31-45-40-20-6-5-18-38(40)39-19-7-8-23-44(39)52(45)53/h3-33H,1-2H3. The number of fused-ring (bicyclic) bond motifs is 13. The molecule has 0 fully saturated rings. The van der Waals surface area contributed by atoms with Crippen LogP contribution in [0.25, 0.3) is 87.3 Å². The number of hydrogen-bond donors (Lipinski definition) is 0. The Balaban J connectivity index is 1.29. The van der Waals surface area contributed by atoms with E-state index in [1.54, 1.807) is 0 Å². The molecule has 1 aliphatic rings. The number of para-hydroxylation sites is 2. The van der Waals surface area contributed by atoms with Crippen molar-refractivity contribution in [3.8, 4) is 22.3 Å². The zero-order valence-electron chi connectivity index (χ0n) is 31.8. The topological polar surface area (TPSA) is 16.4 Å². The van der Waals surface area contributed by atoms with Crippen LogP contribution in [0.15, 0.2) is 192 Å². The molecule has 268 valence electrons. The van der Waals surface area contributed by atoms with E-state index in [9.17, 15) is 0 Å². The Morgan fingerprint density at radius 2 is 0.965 bits per heavy atom. The Bertz CT molecular complexity index is 3420. The van der Waals surface area contributed by atoms with E-state index in [2.05, 4.69) is 207 Å². The average Bonchev–Trinajstić information content (AvgIpc) is 3.76. The molecule has 11 aromatic rings. The number of nitrogens with zero attached hydrogens (tertiary/aromatic N) is 1. The molecular formula is C55H37NO. The Morgan fingerprint density at radius 3 is 1.79 bits per heavy atom. The van der Waals surface area contributed by atoms with Gasteiger partial charge in [-0.15, -0.1) is 0 Å². The van der Waals surface area contributed by atoms with Gasteiger partial charge in [0.2, 0.25) is 0 Å². The van der Waals surface area contributed by atoms with Crippen LogP contribution in [0, 0.1) is 0 Å². The normalized spacial score (nSPS) is 13.2. The van der Waals surface area contributed by atoms with Gasteiger partial charge in [-0.2, -0.15) is 0 Å². The van der Waals surface area contributed by atoms with Gasteiger partial charge in [-0.05, 0) is 89.8 Å². The van der Waals surface area contributed by atoms with E-state index in [0.717, 1.165) is 44.6 Å². The first-order valence-electron chi connectivity index (χ1n) is 19.9. The molecule has 0 aliphatic heterocycles. The molecule has 1 heterocycles. The van der Waals surface area contributed by atoms with Crippen LogP contribution in [0.1, 0.15) is 25.0 Å². The van der Waals surface area contributed by atoms with Crippen molar-refractivity contribution in [2.24, 2.45) is 0 Å².